The van der Waals surface area contributed by atoms with E-state index in [2.05, 4.69) is 57.6 Å². The van der Waals surface area contributed by atoms with Crippen LogP contribution in [0.15, 0.2) is 55.0 Å². The maximum Gasteiger partial charge on any atom is 0.0933 e. The first kappa shape index (κ1) is 10.8. The van der Waals surface area contributed by atoms with Crippen molar-refractivity contribution in [2.45, 2.75) is 6.54 Å². The molecule has 2 aromatic heterocycles. The van der Waals surface area contributed by atoms with Gasteiger partial charge in [0.15, 0.2) is 0 Å². The average molecular weight is 237 g/mol. The number of fused-ring (bicyclic) bond motifs is 1. The van der Waals surface area contributed by atoms with E-state index >= 15 is 0 Å². The van der Waals surface area contributed by atoms with Gasteiger partial charge in [-0.25, -0.2) is 0 Å². The van der Waals surface area contributed by atoms with Gasteiger partial charge in [0.25, 0.3) is 0 Å². The number of hydrogen-bond donors (Lipinski definition) is 1. The Morgan fingerprint density at radius 3 is 2.89 bits per heavy atom. The number of pyridine rings is 1. The third kappa shape index (κ3) is 2.07. The molecular formula is C15H15N3. The zero-order valence-electron chi connectivity index (χ0n) is 10.3. The van der Waals surface area contributed by atoms with Crippen molar-refractivity contribution in [3.63, 3.8) is 0 Å². The Hall–Kier alpha value is -2.29. The molecule has 18 heavy (non-hydrogen) atoms. The highest BCUT2D eigenvalue weighted by Gasteiger charge is 2.01. The van der Waals surface area contributed by atoms with Crippen LogP contribution in [0.5, 0.6) is 0 Å². The van der Waals surface area contributed by atoms with Crippen molar-refractivity contribution >= 4 is 16.6 Å². The number of hydrogen-bond acceptors (Lipinski definition) is 2. The van der Waals surface area contributed by atoms with Crippen LogP contribution in [0.25, 0.3) is 10.9 Å². The van der Waals surface area contributed by atoms with Crippen LogP contribution in [-0.4, -0.2) is 9.55 Å². The lowest BCUT2D eigenvalue weighted by Gasteiger charge is -2.07. The van der Waals surface area contributed by atoms with Crippen molar-refractivity contribution in [1.29, 1.82) is 0 Å². The Balaban J connectivity index is 1.86. The van der Waals surface area contributed by atoms with Crippen LogP contribution in [0.1, 0.15) is 5.56 Å². The SMILES string of the molecule is Cn1ccc(CNc2cccc3cccnc23)c1. The first-order valence-corrected chi connectivity index (χ1v) is 6.01. The minimum atomic E-state index is 0.816. The van der Waals surface area contributed by atoms with Crippen LogP contribution < -0.4 is 5.32 Å². The molecule has 3 nitrogen and oxygen atoms in total. The average Bonchev–Trinajstić information content (AvgIpc) is 2.82. The van der Waals surface area contributed by atoms with Crippen molar-refractivity contribution < 1.29 is 0 Å². The summed E-state index contributed by atoms with van der Waals surface area (Å²) >= 11 is 0. The highest BCUT2D eigenvalue weighted by molar-refractivity contribution is 5.90. The molecule has 0 fully saturated rings. The molecule has 0 bridgehead atoms. The third-order valence-electron chi connectivity index (χ3n) is 3.01. The molecule has 0 saturated heterocycles. The largest absolute Gasteiger partial charge is 0.379 e. The summed E-state index contributed by atoms with van der Waals surface area (Å²) in [6.07, 6.45) is 6.00. The molecule has 2 heterocycles. The molecule has 3 rings (SSSR count). The first-order valence-electron chi connectivity index (χ1n) is 6.01. The second-order valence-corrected chi connectivity index (χ2v) is 4.42. The van der Waals surface area contributed by atoms with Gasteiger partial charge in [-0.15, -0.1) is 0 Å². The van der Waals surface area contributed by atoms with Crippen LogP contribution in [0.3, 0.4) is 0 Å². The Labute approximate surface area is 106 Å². The standard InChI is InChI=1S/C15H15N3/c1-18-9-7-12(11-18)10-17-14-6-2-4-13-5-3-8-16-15(13)14/h2-9,11,17H,10H2,1H3. The molecule has 3 heteroatoms. The molecule has 3 aromatic rings. The Kier molecular flexibility index (Phi) is 2.73. The molecule has 0 aliphatic carbocycles. The van der Waals surface area contributed by atoms with Gasteiger partial charge < -0.3 is 9.88 Å². The first-order chi connectivity index (χ1) is 8.83. The zero-order valence-corrected chi connectivity index (χ0v) is 10.3. The summed E-state index contributed by atoms with van der Waals surface area (Å²) < 4.78 is 2.05. The maximum atomic E-state index is 4.43. The van der Waals surface area contributed by atoms with Gasteiger partial charge >= 0.3 is 0 Å². The molecule has 0 aliphatic rings. The smallest absolute Gasteiger partial charge is 0.0933 e. The van der Waals surface area contributed by atoms with Gasteiger partial charge in [-0.3, -0.25) is 4.98 Å². The van der Waals surface area contributed by atoms with Gasteiger partial charge in [0.05, 0.1) is 11.2 Å². The molecule has 0 unspecified atom stereocenters. The molecule has 0 atom stereocenters. The lowest BCUT2D eigenvalue weighted by atomic mass is 10.2. The van der Waals surface area contributed by atoms with Crippen molar-refractivity contribution in [3.8, 4) is 0 Å². The van der Waals surface area contributed by atoms with E-state index in [1.807, 2.05) is 19.3 Å². The Morgan fingerprint density at radius 2 is 2.06 bits per heavy atom. The molecule has 0 spiro atoms. The molecule has 0 amide bonds. The van der Waals surface area contributed by atoms with Crippen molar-refractivity contribution in [1.82, 2.24) is 9.55 Å². The van der Waals surface area contributed by atoms with Gasteiger partial charge in [-0.05, 0) is 23.8 Å². The summed E-state index contributed by atoms with van der Waals surface area (Å²) in [6.45, 7) is 0.816. The molecular weight excluding hydrogens is 222 g/mol. The second-order valence-electron chi connectivity index (χ2n) is 4.42. The highest BCUT2D eigenvalue weighted by atomic mass is 14.9. The van der Waals surface area contributed by atoms with E-state index in [-0.39, 0.29) is 0 Å². The van der Waals surface area contributed by atoms with Crippen LogP contribution in [-0.2, 0) is 13.6 Å². The fourth-order valence-corrected chi connectivity index (χ4v) is 2.11. The van der Waals surface area contributed by atoms with E-state index < -0.39 is 0 Å². The lowest BCUT2D eigenvalue weighted by Crippen LogP contribution is -1.99. The fourth-order valence-electron chi connectivity index (χ4n) is 2.11. The Morgan fingerprint density at radius 1 is 1.17 bits per heavy atom. The van der Waals surface area contributed by atoms with Gasteiger partial charge in [-0.2, -0.15) is 0 Å². The molecule has 0 saturated carbocycles. The summed E-state index contributed by atoms with van der Waals surface area (Å²) in [7, 11) is 2.03. The third-order valence-corrected chi connectivity index (χ3v) is 3.01. The summed E-state index contributed by atoms with van der Waals surface area (Å²) in [5.74, 6) is 0. The minimum Gasteiger partial charge on any atom is -0.379 e. The summed E-state index contributed by atoms with van der Waals surface area (Å²) in [4.78, 5) is 4.43. The fraction of sp³-hybridized carbons (Fsp3) is 0.133. The maximum absolute atomic E-state index is 4.43. The van der Waals surface area contributed by atoms with Gasteiger partial charge in [0, 0.05) is 37.6 Å². The van der Waals surface area contributed by atoms with Crippen molar-refractivity contribution in [2.24, 2.45) is 7.05 Å². The topological polar surface area (TPSA) is 29.9 Å². The van der Waals surface area contributed by atoms with E-state index in [9.17, 15) is 0 Å². The molecule has 1 N–H and O–H groups in total. The van der Waals surface area contributed by atoms with Crippen molar-refractivity contribution in [3.05, 3.63) is 60.6 Å². The molecule has 0 radical (unpaired) electrons. The van der Waals surface area contributed by atoms with Crippen LogP contribution in [0, 0.1) is 0 Å². The number of para-hydroxylation sites is 1. The quantitative estimate of drug-likeness (QED) is 0.758. The number of aryl methyl sites for hydroxylation is 1. The van der Waals surface area contributed by atoms with E-state index in [0.717, 1.165) is 23.1 Å². The predicted molar refractivity (Wildman–Crippen MR) is 74.5 cm³/mol. The number of anilines is 1. The van der Waals surface area contributed by atoms with E-state index in [1.165, 1.54) is 5.56 Å². The van der Waals surface area contributed by atoms with Gasteiger partial charge in [0.2, 0.25) is 0 Å². The molecule has 0 aliphatic heterocycles. The predicted octanol–water partition coefficient (Wildman–Crippen LogP) is 3.19. The van der Waals surface area contributed by atoms with E-state index in [4.69, 9.17) is 0 Å². The second kappa shape index (κ2) is 4.53. The molecule has 1 aromatic carbocycles. The minimum absolute atomic E-state index is 0.816. The lowest BCUT2D eigenvalue weighted by molar-refractivity contribution is 0.920. The number of aromatic nitrogens is 2. The zero-order chi connectivity index (χ0) is 12.4. The number of nitrogens with one attached hydrogen (secondary N) is 1. The summed E-state index contributed by atoms with van der Waals surface area (Å²) in [6, 6.07) is 12.4. The van der Waals surface area contributed by atoms with E-state index in [0.29, 0.717) is 0 Å². The molecule has 90 valence electrons. The number of rotatable bonds is 3. The highest BCUT2D eigenvalue weighted by Crippen LogP contribution is 2.21. The summed E-state index contributed by atoms with van der Waals surface area (Å²) in [5, 5.41) is 4.60. The number of nitrogens with zero attached hydrogens (tertiary/aromatic N) is 2. The Bertz CT molecular complexity index is 665. The summed E-state index contributed by atoms with van der Waals surface area (Å²) in [5.41, 5.74) is 3.37. The van der Waals surface area contributed by atoms with Crippen LogP contribution in [0.4, 0.5) is 5.69 Å². The van der Waals surface area contributed by atoms with Crippen LogP contribution in [0.2, 0.25) is 0 Å². The van der Waals surface area contributed by atoms with Crippen molar-refractivity contribution in [2.75, 3.05) is 5.32 Å². The van der Waals surface area contributed by atoms with Gasteiger partial charge in [0.1, 0.15) is 0 Å². The van der Waals surface area contributed by atoms with E-state index in [1.54, 1.807) is 0 Å². The number of benzene rings is 1. The van der Waals surface area contributed by atoms with Crippen LogP contribution >= 0.6 is 0 Å². The normalized spacial score (nSPS) is 10.7. The monoisotopic (exact) mass is 237 g/mol. The van der Waals surface area contributed by atoms with Gasteiger partial charge in [-0.1, -0.05) is 18.2 Å².